The number of morpholine rings is 1. The van der Waals surface area contributed by atoms with Gasteiger partial charge in [-0.2, -0.15) is 0 Å². The van der Waals surface area contributed by atoms with Gasteiger partial charge in [-0.1, -0.05) is 19.3 Å². The normalized spacial score (nSPS) is 19.2. The Hall–Kier alpha value is -1.86. The molecule has 0 bridgehead atoms. The second kappa shape index (κ2) is 7.40. The molecule has 0 atom stereocenters. The second-order valence-electron chi connectivity index (χ2n) is 7.13. The number of ether oxygens (including phenoxy) is 1. The van der Waals surface area contributed by atoms with Crippen LogP contribution in [0, 0.1) is 0 Å². The van der Waals surface area contributed by atoms with E-state index in [1.54, 1.807) is 0 Å². The number of thiophene rings is 1. The fourth-order valence-corrected chi connectivity index (χ4v) is 5.35. The molecule has 2 aromatic heterocycles. The predicted molar refractivity (Wildman–Crippen MR) is 100.0 cm³/mol. The summed E-state index contributed by atoms with van der Waals surface area (Å²) >= 11 is 1.34. The quantitative estimate of drug-likeness (QED) is 0.889. The Kier molecular flexibility index (Phi) is 5.00. The van der Waals surface area contributed by atoms with Crippen LogP contribution in [0.5, 0.6) is 0 Å². The zero-order chi connectivity index (χ0) is 18.1. The number of aromatic nitrogens is 1. The van der Waals surface area contributed by atoms with Gasteiger partial charge in [-0.3, -0.25) is 4.79 Å². The largest absolute Gasteiger partial charge is 0.477 e. The smallest absolute Gasteiger partial charge is 0.346 e. The average Bonchev–Trinajstić information content (AvgIpc) is 3.23. The third kappa shape index (κ3) is 3.25. The minimum atomic E-state index is -0.849. The van der Waals surface area contributed by atoms with Crippen LogP contribution in [0.3, 0.4) is 0 Å². The maximum atomic E-state index is 12.7. The molecule has 1 saturated heterocycles. The van der Waals surface area contributed by atoms with Gasteiger partial charge in [0.15, 0.2) is 0 Å². The molecule has 0 unspecified atom stereocenters. The fourth-order valence-electron chi connectivity index (χ4n) is 4.21. The lowest BCUT2D eigenvalue weighted by molar-refractivity contribution is -0.135. The van der Waals surface area contributed by atoms with Crippen LogP contribution in [-0.2, 0) is 16.1 Å². The Morgan fingerprint density at radius 1 is 1.19 bits per heavy atom. The number of hydrogen-bond donors (Lipinski definition) is 1. The van der Waals surface area contributed by atoms with Crippen molar-refractivity contribution in [3.63, 3.8) is 0 Å². The molecule has 0 aromatic carbocycles. The minimum absolute atomic E-state index is 0.0727. The summed E-state index contributed by atoms with van der Waals surface area (Å²) in [7, 11) is 0. The number of carboxylic acid groups (broad SMARTS) is 1. The molecule has 2 aromatic rings. The Morgan fingerprint density at radius 2 is 1.92 bits per heavy atom. The van der Waals surface area contributed by atoms with E-state index in [0.29, 0.717) is 31.2 Å². The van der Waals surface area contributed by atoms with Crippen molar-refractivity contribution in [2.24, 2.45) is 0 Å². The van der Waals surface area contributed by atoms with Gasteiger partial charge in [-0.25, -0.2) is 4.79 Å². The summed E-state index contributed by atoms with van der Waals surface area (Å²) in [5.74, 6) is -0.489. The summed E-state index contributed by atoms with van der Waals surface area (Å²) < 4.78 is 8.25. The second-order valence-corrected chi connectivity index (χ2v) is 8.19. The summed E-state index contributed by atoms with van der Waals surface area (Å²) in [5.41, 5.74) is 1.91. The van der Waals surface area contributed by atoms with Crippen LogP contribution in [0.25, 0.3) is 10.2 Å². The van der Waals surface area contributed by atoms with E-state index in [2.05, 4.69) is 0 Å². The maximum Gasteiger partial charge on any atom is 0.346 e. The van der Waals surface area contributed by atoms with Crippen molar-refractivity contribution in [2.75, 3.05) is 26.3 Å². The SMILES string of the molecule is O=C(O)c1sc2ccn(CC(=O)N3CCOCC3)c2c1C1CCCCC1. The first kappa shape index (κ1) is 17.5. The number of carbonyl (C=O) groups excluding carboxylic acids is 1. The van der Waals surface area contributed by atoms with Gasteiger partial charge in [0.2, 0.25) is 5.91 Å². The molecular weight excluding hydrogens is 352 g/mol. The van der Waals surface area contributed by atoms with E-state index in [0.717, 1.165) is 41.5 Å². The lowest BCUT2D eigenvalue weighted by Crippen LogP contribution is -2.42. The maximum absolute atomic E-state index is 12.7. The highest BCUT2D eigenvalue weighted by atomic mass is 32.1. The number of hydrogen-bond acceptors (Lipinski definition) is 4. The Balaban J connectivity index is 1.69. The van der Waals surface area contributed by atoms with Gasteiger partial charge in [0.25, 0.3) is 0 Å². The minimum Gasteiger partial charge on any atom is -0.477 e. The van der Waals surface area contributed by atoms with Crippen molar-refractivity contribution in [2.45, 2.75) is 44.6 Å². The molecule has 140 valence electrons. The van der Waals surface area contributed by atoms with E-state index < -0.39 is 5.97 Å². The third-order valence-corrected chi connectivity index (χ3v) is 6.66. The molecule has 0 spiro atoms. The molecule has 26 heavy (non-hydrogen) atoms. The lowest BCUT2D eigenvalue weighted by atomic mass is 9.83. The number of amides is 1. The monoisotopic (exact) mass is 376 g/mol. The molecule has 2 aliphatic rings. The summed E-state index contributed by atoms with van der Waals surface area (Å²) in [6.07, 6.45) is 7.52. The highest BCUT2D eigenvalue weighted by molar-refractivity contribution is 7.21. The van der Waals surface area contributed by atoms with Crippen LogP contribution in [-0.4, -0.2) is 52.8 Å². The van der Waals surface area contributed by atoms with Crippen LogP contribution in [0.1, 0.15) is 53.3 Å². The number of aromatic carboxylic acids is 1. The molecule has 1 N–H and O–H groups in total. The number of carboxylic acids is 1. The third-order valence-electron chi connectivity index (χ3n) is 5.52. The van der Waals surface area contributed by atoms with Gasteiger partial charge in [0.1, 0.15) is 11.4 Å². The van der Waals surface area contributed by atoms with Crippen LogP contribution < -0.4 is 0 Å². The summed E-state index contributed by atoms with van der Waals surface area (Å²) in [6.45, 7) is 2.69. The van der Waals surface area contributed by atoms with Crippen molar-refractivity contribution >= 4 is 33.4 Å². The number of carbonyl (C=O) groups is 2. The van der Waals surface area contributed by atoms with Gasteiger partial charge in [-0.05, 0) is 24.8 Å². The Morgan fingerprint density at radius 3 is 2.62 bits per heavy atom. The molecule has 7 heteroatoms. The first-order valence-electron chi connectivity index (χ1n) is 9.35. The van der Waals surface area contributed by atoms with Crippen LogP contribution in [0.2, 0.25) is 0 Å². The lowest BCUT2D eigenvalue weighted by Gasteiger charge is -2.27. The van der Waals surface area contributed by atoms with Gasteiger partial charge < -0.3 is 19.3 Å². The molecule has 1 amide bonds. The molecule has 3 heterocycles. The summed E-state index contributed by atoms with van der Waals surface area (Å²) in [4.78, 5) is 26.8. The molecule has 1 aliphatic carbocycles. The topological polar surface area (TPSA) is 71.8 Å². The number of rotatable bonds is 4. The van der Waals surface area contributed by atoms with Crippen LogP contribution in [0.4, 0.5) is 0 Å². The molecule has 2 fully saturated rings. The van der Waals surface area contributed by atoms with Crippen molar-refractivity contribution in [1.82, 2.24) is 9.47 Å². The Bertz CT molecular complexity index is 813. The van der Waals surface area contributed by atoms with Crippen molar-refractivity contribution in [3.8, 4) is 0 Å². The number of fused-ring (bicyclic) bond motifs is 1. The van der Waals surface area contributed by atoms with Crippen LogP contribution in [0.15, 0.2) is 12.3 Å². The fraction of sp³-hybridized carbons (Fsp3) is 0.579. The molecule has 1 aliphatic heterocycles. The van der Waals surface area contributed by atoms with Crippen LogP contribution >= 0.6 is 11.3 Å². The first-order valence-corrected chi connectivity index (χ1v) is 10.2. The average molecular weight is 376 g/mol. The predicted octanol–water partition coefficient (Wildman–Crippen LogP) is 3.31. The van der Waals surface area contributed by atoms with E-state index in [1.807, 2.05) is 21.7 Å². The molecule has 4 rings (SSSR count). The zero-order valence-electron chi connectivity index (χ0n) is 14.8. The van der Waals surface area contributed by atoms with Crippen molar-refractivity contribution in [3.05, 3.63) is 22.7 Å². The molecule has 0 radical (unpaired) electrons. The molecule has 1 saturated carbocycles. The summed E-state index contributed by atoms with van der Waals surface area (Å²) in [6, 6.07) is 1.95. The highest BCUT2D eigenvalue weighted by Gasteiger charge is 2.29. The van der Waals surface area contributed by atoms with E-state index in [-0.39, 0.29) is 18.4 Å². The Labute approximate surface area is 156 Å². The van der Waals surface area contributed by atoms with E-state index in [9.17, 15) is 14.7 Å². The zero-order valence-corrected chi connectivity index (χ0v) is 15.6. The van der Waals surface area contributed by atoms with Gasteiger partial charge in [0, 0.05) is 24.8 Å². The standard InChI is InChI=1S/C19H24N2O4S/c22-15(20-8-10-25-11-9-20)12-21-7-6-14-17(21)16(18(26-14)19(23)24)13-4-2-1-3-5-13/h6-7,13H,1-5,8-12H2,(H,23,24). The molecule has 6 nitrogen and oxygen atoms in total. The van der Waals surface area contributed by atoms with Gasteiger partial charge in [-0.15, -0.1) is 11.3 Å². The van der Waals surface area contributed by atoms with Crippen molar-refractivity contribution in [1.29, 1.82) is 0 Å². The van der Waals surface area contributed by atoms with E-state index in [1.165, 1.54) is 17.8 Å². The first-order chi connectivity index (χ1) is 12.6. The van der Waals surface area contributed by atoms with Gasteiger partial charge in [0.05, 0.1) is 23.4 Å². The van der Waals surface area contributed by atoms with Crippen molar-refractivity contribution < 1.29 is 19.4 Å². The molecular formula is C19H24N2O4S. The number of nitrogens with zero attached hydrogens (tertiary/aromatic N) is 2. The van der Waals surface area contributed by atoms with Gasteiger partial charge >= 0.3 is 5.97 Å². The van der Waals surface area contributed by atoms with E-state index >= 15 is 0 Å². The highest BCUT2D eigenvalue weighted by Crippen LogP contribution is 2.43. The van der Waals surface area contributed by atoms with E-state index in [4.69, 9.17) is 4.74 Å². The summed E-state index contributed by atoms with van der Waals surface area (Å²) in [5, 5.41) is 9.70.